The Hall–Kier alpha value is -1.73. The topological polar surface area (TPSA) is 70.8 Å². The third-order valence-corrected chi connectivity index (χ3v) is 2.63. The van der Waals surface area contributed by atoms with E-state index in [-0.39, 0.29) is 12.0 Å². The van der Waals surface area contributed by atoms with E-state index in [4.69, 9.17) is 14.2 Å². The van der Waals surface area contributed by atoms with Gasteiger partial charge in [-0.1, -0.05) is 0 Å². The number of ether oxygens (including phenoxy) is 3. The molecule has 0 aromatic heterocycles. The normalized spacial score (nSPS) is 16.3. The molecule has 2 rings (SSSR count). The van der Waals surface area contributed by atoms with Crippen LogP contribution in [0.2, 0.25) is 0 Å². The second-order valence-electron chi connectivity index (χ2n) is 4.03. The highest BCUT2D eigenvalue weighted by Crippen LogP contribution is 2.22. The first-order chi connectivity index (χ1) is 9.16. The number of hydrogen-bond donors (Lipinski definition) is 0. The molecule has 19 heavy (non-hydrogen) atoms. The maximum Gasteiger partial charge on any atom is 0.305 e. The van der Waals surface area contributed by atoms with E-state index in [0.717, 1.165) is 18.6 Å². The van der Waals surface area contributed by atoms with E-state index in [1.54, 1.807) is 0 Å². The lowest BCUT2D eigenvalue weighted by Crippen LogP contribution is -2.26. The second-order valence-corrected chi connectivity index (χ2v) is 4.03. The van der Waals surface area contributed by atoms with Crippen LogP contribution in [0, 0.1) is 15.9 Å². The summed E-state index contributed by atoms with van der Waals surface area (Å²) in [6.07, 6.45) is 1.11. The molecule has 1 heterocycles. The van der Waals surface area contributed by atoms with Crippen LogP contribution in [0.4, 0.5) is 10.1 Å². The van der Waals surface area contributed by atoms with Gasteiger partial charge in [-0.15, -0.1) is 0 Å². The zero-order valence-electron chi connectivity index (χ0n) is 10.2. The fourth-order valence-corrected chi connectivity index (χ4v) is 1.70. The Kier molecular flexibility index (Phi) is 4.64. The number of nitro groups is 1. The molecule has 1 aliphatic rings. The Morgan fingerprint density at radius 3 is 2.79 bits per heavy atom. The van der Waals surface area contributed by atoms with Gasteiger partial charge in [-0.3, -0.25) is 10.1 Å². The van der Waals surface area contributed by atoms with Crippen molar-refractivity contribution < 1.29 is 23.5 Å². The van der Waals surface area contributed by atoms with Gasteiger partial charge in [-0.05, 0) is 12.5 Å². The quantitative estimate of drug-likeness (QED) is 0.606. The van der Waals surface area contributed by atoms with E-state index in [9.17, 15) is 14.5 Å². The molecule has 1 saturated heterocycles. The summed E-state index contributed by atoms with van der Waals surface area (Å²) in [4.78, 5) is 9.67. The SMILES string of the molecule is O=[N+]([O-])c1ccc(OCCC2OCCCO2)cc1F. The molecule has 6 nitrogen and oxygen atoms in total. The van der Waals surface area contributed by atoms with Crippen molar-refractivity contribution >= 4 is 5.69 Å². The predicted octanol–water partition coefficient (Wildman–Crippen LogP) is 2.27. The zero-order valence-corrected chi connectivity index (χ0v) is 10.2. The zero-order chi connectivity index (χ0) is 13.7. The molecule has 0 N–H and O–H groups in total. The van der Waals surface area contributed by atoms with E-state index in [1.807, 2.05) is 0 Å². The number of halogens is 1. The first-order valence-corrected chi connectivity index (χ1v) is 5.97. The van der Waals surface area contributed by atoms with E-state index in [1.165, 1.54) is 6.07 Å². The summed E-state index contributed by atoms with van der Waals surface area (Å²) in [5.41, 5.74) is -0.564. The Morgan fingerprint density at radius 1 is 1.42 bits per heavy atom. The van der Waals surface area contributed by atoms with Crippen molar-refractivity contribution in [2.24, 2.45) is 0 Å². The molecular formula is C12H14FNO5. The molecule has 1 fully saturated rings. The van der Waals surface area contributed by atoms with Gasteiger partial charge in [0, 0.05) is 18.6 Å². The lowest BCUT2D eigenvalue weighted by atomic mass is 10.3. The molecule has 104 valence electrons. The highest BCUT2D eigenvalue weighted by Gasteiger charge is 2.16. The molecule has 0 bridgehead atoms. The Labute approximate surface area is 109 Å². The van der Waals surface area contributed by atoms with Gasteiger partial charge in [-0.2, -0.15) is 4.39 Å². The minimum absolute atomic E-state index is 0.249. The van der Waals surface area contributed by atoms with Crippen molar-refractivity contribution in [1.82, 2.24) is 0 Å². The smallest absolute Gasteiger partial charge is 0.305 e. The first-order valence-electron chi connectivity index (χ1n) is 5.97. The monoisotopic (exact) mass is 271 g/mol. The molecule has 0 amide bonds. The fraction of sp³-hybridized carbons (Fsp3) is 0.500. The minimum atomic E-state index is -0.910. The Balaban J connectivity index is 1.82. The van der Waals surface area contributed by atoms with E-state index < -0.39 is 16.4 Å². The highest BCUT2D eigenvalue weighted by atomic mass is 19.1. The number of benzene rings is 1. The highest BCUT2D eigenvalue weighted by molar-refractivity contribution is 5.37. The number of hydrogen-bond acceptors (Lipinski definition) is 5. The number of rotatable bonds is 5. The third kappa shape index (κ3) is 3.87. The van der Waals surface area contributed by atoms with Crippen molar-refractivity contribution in [3.8, 4) is 5.75 Å². The van der Waals surface area contributed by atoms with Gasteiger partial charge in [-0.25, -0.2) is 0 Å². The van der Waals surface area contributed by atoms with Gasteiger partial charge in [0.2, 0.25) is 5.82 Å². The first kappa shape index (κ1) is 13.7. The lowest BCUT2D eigenvalue weighted by Gasteiger charge is -2.23. The number of nitrogens with zero attached hydrogens (tertiary/aromatic N) is 1. The summed E-state index contributed by atoms with van der Waals surface area (Å²) in [5, 5.41) is 10.4. The molecule has 7 heteroatoms. The van der Waals surface area contributed by atoms with Crippen LogP contribution in [-0.2, 0) is 9.47 Å². The molecular weight excluding hydrogens is 257 g/mol. The van der Waals surface area contributed by atoms with E-state index in [2.05, 4.69) is 0 Å². The summed E-state index contributed by atoms with van der Waals surface area (Å²) in [5.74, 6) is -0.661. The molecule has 0 radical (unpaired) electrons. The van der Waals surface area contributed by atoms with E-state index in [0.29, 0.717) is 26.2 Å². The van der Waals surface area contributed by atoms with Crippen LogP contribution in [0.1, 0.15) is 12.8 Å². The van der Waals surface area contributed by atoms with Crippen molar-refractivity contribution in [3.63, 3.8) is 0 Å². The molecule has 1 aromatic rings. The fourth-order valence-electron chi connectivity index (χ4n) is 1.70. The van der Waals surface area contributed by atoms with Gasteiger partial charge in [0.25, 0.3) is 0 Å². The average molecular weight is 271 g/mol. The third-order valence-electron chi connectivity index (χ3n) is 2.63. The summed E-state index contributed by atoms with van der Waals surface area (Å²) in [6.45, 7) is 1.62. The van der Waals surface area contributed by atoms with Crippen LogP contribution in [0.3, 0.4) is 0 Å². The maximum atomic E-state index is 13.3. The van der Waals surface area contributed by atoms with Crippen LogP contribution in [-0.4, -0.2) is 31.0 Å². The molecule has 0 atom stereocenters. The van der Waals surface area contributed by atoms with Crippen molar-refractivity contribution in [2.75, 3.05) is 19.8 Å². The molecule has 0 aliphatic carbocycles. The van der Waals surface area contributed by atoms with E-state index >= 15 is 0 Å². The standard InChI is InChI=1S/C12H14FNO5/c13-10-8-9(2-3-11(10)14(15)16)17-7-4-12-18-5-1-6-19-12/h2-3,8,12H,1,4-7H2. The van der Waals surface area contributed by atoms with Crippen LogP contribution in [0.5, 0.6) is 5.75 Å². The average Bonchev–Trinajstić information content (AvgIpc) is 2.39. The van der Waals surface area contributed by atoms with Crippen LogP contribution >= 0.6 is 0 Å². The molecule has 1 aromatic carbocycles. The summed E-state index contributed by atoms with van der Waals surface area (Å²) in [7, 11) is 0. The van der Waals surface area contributed by atoms with Gasteiger partial charge >= 0.3 is 5.69 Å². The van der Waals surface area contributed by atoms with Gasteiger partial charge in [0.15, 0.2) is 6.29 Å². The number of nitro benzene ring substituents is 1. The lowest BCUT2D eigenvalue weighted by molar-refractivity contribution is -0.387. The summed E-state index contributed by atoms with van der Waals surface area (Å²) in [6, 6.07) is 3.45. The maximum absolute atomic E-state index is 13.3. The van der Waals surface area contributed by atoms with Crippen molar-refractivity contribution in [3.05, 3.63) is 34.1 Å². The summed E-state index contributed by atoms with van der Waals surface area (Å²) >= 11 is 0. The van der Waals surface area contributed by atoms with Crippen LogP contribution < -0.4 is 4.74 Å². The van der Waals surface area contributed by atoms with Gasteiger partial charge in [0.1, 0.15) is 5.75 Å². The molecule has 0 saturated carbocycles. The minimum Gasteiger partial charge on any atom is -0.493 e. The Morgan fingerprint density at radius 2 is 2.16 bits per heavy atom. The van der Waals surface area contributed by atoms with Crippen LogP contribution in [0.25, 0.3) is 0 Å². The van der Waals surface area contributed by atoms with Crippen molar-refractivity contribution in [1.29, 1.82) is 0 Å². The van der Waals surface area contributed by atoms with Gasteiger partial charge < -0.3 is 14.2 Å². The molecule has 0 spiro atoms. The second kappa shape index (κ2) is 6.44. The molecule has 1 aliphatic heterocycles. The largest absolute Gasteiger partial charge is 0.493 e. The summed E-state index contributed by atoms with van der Waals surface area (Å²) < 4.78 is 29.3. The molecule has 0 unspecified atom stereocenters. The van der Waals surface area contributed by atoms with Gasteiger partial charge in [0.05, 0.1) is 24.7 Å². The predicted molar refractivity (Wildman–Crippen MR) is 63.5 cm³/mol. The van der Waals surface area contributed by atoms with Crippen LogP contribution in [0.15, 0.2) is 18.2 Å². The Bertz CT molecular complexity index is 448. The van der Waals surface area contributed by atoms with Crippen molar-refractivity contribution in [2.45, 2.75) is 19.1 Å².